The van der Waals surface area contributed by atoms with Crippen molar-refractivity contribution in [2.75, 3.05) is 32.1 Å². The molecule has 122 valence electrons. The first-order chi connectivity index (χ1) is 10.6. The van der Waals surface area contributed by atoms with Crippen LogP contribution in [0.1, 0.15) is 50.1 Å². The second kappa shape index (κ2) is 6.97. The Morgan fingerprint density at radius 2 is 1.82 bits per heavy atom. The van der Waals surface area contributed by atoms with Crippen molar-refractivity contribution in [3.8, 4) is 0 Å². The summed E-state index contributed by atoms with van der Waals surface area (Å²) in [7, 11) is 4.09. The zero-order valence-electron chi connectivity index (χ0n) is 13.9. The second-order valence-corrected chi connectivity index (χ2v) is 7.07. The molecule has 1 aliphatic heterocycles. The summed E-state index contributed by atoms with van der Waals surface area (Å²) < 4.78 is 0. The monoisotopic (exact) mass is 303 g/mol. The third kappa shape index (κ3) is 3.44. The van der Waals surface area contributed by atoms with Gasteiger partial charge in [0.15, 0.2) is 0 Å². The van der Waals surface area contributed by atoms with Gasteiger partial charge in [-0.25, -0.2) is 0 Å². The van der Waals surface area contributed by atoms with E-state index in [0.29, 0.717) is 12.0 Å². The molecule has 0 aromatic carbocycles. The highest BCUT2D eigenvalue weighted by atomic mass is 16.3. The summed E-state index contributed by atoms with van der Waals surface area (Å²) >= 11 is 0. The predicted octanol–water partition coefficient (Wildman–Crippen LogP) is 2.63. The highest BCUT2D eigenvalue weighted by molar-refractivity contribution is 5.42. The molecule has 0 spiro atoms. The Kier molecular flexibility index (Phi) is 4.99. The molecule has 0 amide bonds. The molecule has 0 radical (unpaired) electrons. The van der Waals surface area contributed by atoms with Crippen LogP contribution in [0.15, 0.2) is 18.3 Å². The molecule has 1 N–H and O–H groups in total. The Morgan fingerprint density at radius 3 is 2.41 bits per heavy atom. The Labute approximate surface area is 134 Å². The van der Waals surface area contributed by atoms with Crippen molar-refractivity contribution in [3.63, 3.8) is 0 Å². The van der Waals surface area contributed by atoms with Crippen LogP contribution >= 0.6 is 0 Å². The number of hydrogen-bond acceptors (Lipinski definition) is 4. The van der Waals surface area contributed by atoms with Crippen molar-refractivity contribution >= 4 is 5.69 Å². The van der Waals surface area contributed by atoms with Gasteiger partial charge in [-0.2, -0.15) is 0 Å². The van der Waals surface area contributed by atoms with Gasteiger partial charge in [0.1, 0.15) is 0 Å². The summed E-state index contributed by atoms with van der Waals surface area (Å²) in [6, 6.07) is 4.75. The van der Waals surface area contributed by atoms with E-state index in [1.807, 2.05) is 20.3 Å². The molecule has 0 bridgehead atoms. The average molecular weight is 303 g/mol. The van der Waals surface area contributed by atoms with E-state index >= 15 is 0 Å². The van der Waals surface area contributed by atoms with Gasteiger partial charge in [-0.15, -0.1) is 0 Å². The second-order valence-electron chi connectivity index (χ2n) is 7.07. The fraction of sp³-hybridized carbons (Fsp3) is 0.722. The van der Waals surface area contributed by atoms with Crippen LogP contribution in [0.3, 0.4) is 0 Å². The number of aliphatic hydroxyl groups excluding tert-OH is 1. The van der Waals surface area contributed by atoms with E-state index < -0.39 is 0 Å². The van der Waals surface area contributed by atoms with E-state index in [-0.39, 0.29) is 6.10 Å². The summed E-state index contributed by atoms with van der Waals surface area (Å²) in [5.41, 5.74) is 2.39. The number of anilines is 1. The lowest BCUT2D eigenvalue weighted by Crippen LogP contribution is -2.48. The molecule has 3 rings (SSSR count). The number of rotatable bonds is 3. The lowest BCUT2D eigenvalue weighted by Gasteiger charge is -2.41. The van der Waals surface area contributed by atoms with Gasteiger partial charge in [0.2, 0.25) is 0 Å². The molecule has 2 aliphatic rings. The van der Waals surface area contributed by atoms with Gasteiger partial charge in [0, 0.05) is 31.7 Å². The van der Waals surface area contributed by atoms with E-state index in [4.69, 9.17) is 0 Å². The van der Waals surface area contributed by atoms with Crippen molar-refractivity contribution in [1.82, 2.24) is 9.88 Å². The van der Waals surface area contributed by atoms with Gasteiger partial charge >= 0.3 is 0 Å². The minimum absolute atomic E-state index is 0.109. The Balaban J connectivity index is 1.57. The van der Waals surface area contributed by atoms with Gasteiger partial charge in [0.05, 0.1) is 18.0 Å². The van der Waals surface area contributed by atoms with E-state index in [1.54, 1.807) is 0 Å². The van der Waals surface area contributed by atoms with Gasteiger partial charge in [0.25, 0.3) is 0 Å². The molecule has 2 fully saturated rings. The summed E-state index contributed by atoms with van der Waals surface area (Å²) in [6.45, 7) is 2.20. The summed E-state index contributed by atoms with van der Waals surface area (Å²) in [5.74, 6) is 0.577. The molecule has 2 atom stereocenters. The lowest BCUT2D eigenvalue weighted by molar-refractivity contribution is 0.00853. The van der Waals surface area contributed by atoms with Crippen LogP contribution in [-0.2, 0) is 0 Å². The van der Waals surface area contributed by atoms with Gasteiger partial charge in [-0.05, 0) is 50.9 Å². The molecule has 4 heteroatoms. The fourth-order valence-electron chi connectivity index (χ4n) is 3.95. The largest absolute Gasteiger partial charge is 0.391 e. The molecular weight excluding hydrogens is 274 g/mol. The normalized spacial score (nSPS) is 27.8. The first-order valence-corrected chi connectivity index (χ1v) is 8.70. The maximum absolute atomic E-state index is 10.2. The van der Waals surface area contributed by atoms with E-state index in [2.05, 4.69) is 26.9 Å². The maximum atomic E-state index is 10.2. The molecule has 0 unspecified atom stereocenters. The van der Waals surface area contributed by atoms with Crippen LogP contribution < -0.4 is 4.90 Å². The standard InChI is InChI=1S/C18H29N3O/c1-20(2)15-7-8-16(19-13-15)14-9-11-21(12-10-14)17-5-3-4-6-18(17)22/h7-8,13-14,17-18,22H,3-6,9-12H2,1-2H3/t17-,18-/m0/s1. The molecule has 4 nitrogen and oxygen atoms in total. The van der Waals surface area contributed by atoms with Crippen LogP contribution in [0.25, 0.3) is 0 Å². The minimum Gasteiger partial charge on any atom is -0.391 e. The smallest absolute Gasteiger partial charge is 0.0695 e. The third-order valence-electron chi connectivity index (χ3n) is 5.40. The molecule has 2 heterocycles. The highest BCUT2D eigenvalue weighted by Gasteiger charge is 2.31. The van der Waals surface area contributed by atoms with Crippen molar-refractivity contribution in [1.29, 1.82) is 0 Å². The first kappa shape index (κ1) is 15.8. The molecule has 1 aromatic heterocycles. The average Bonchev–Trinajstić information content (AvgIpc) is 2.56. The van der Waals surface area contributed by atoms with Gasteiger partial charge in [-0.3, -0.25) is 9.88 Å². The zero-order chi connectivity index (χ0) is 15.5. The van der Waals surface area contributed by atoms with Crippen molar-refractivity contribution in [2.45, 2.75) is 56.6 Å². The SMILES string of the molecule is CN(C)c1ccc(C2CCN([C@H]3CCCC[C@@H]3O)CC2)nc1. The number of aliphatic hydroxyl groups is 1. The summed E-state index contributed by atoms with van der Waals surface area (Å²) in [6.07, 6.45) is 8.81. The Morgan fingerprint density at radius 1 is 1.09 bits per heavy atom. The minimum atomic E-state index is -0.109. The van der Waals surface area contributed by atoms with Crippen LogP contribution in [-0.4, -0.2) is 54.3 Å². The molecular formula is C18H29N3O. The molecule has 1 saturated carbocycles. The van der Waals surface area contributed by atoms with Crippen LogP contribution in [0.2, 0.25) is 0 Å². The van der Waals surface area contributed by atoms with E-state index in [1.165, 1.54) is 25.0 Å². The topological polar surface area (TPSA) is 39.6 Å². The third-order valence-corrected chi connectivity index (χ3v) is 5.40. The zero-order valence-corrected chi connectivity index (χ0v) is 13.9. The quantitative estimate of drug-likeness (QED) is 0.932. The number of likely N-dealkylation sites (tertiary alicyclic amines) is 1. The van der Waals surface area contributed by atoms with Crippen molar-refractivity contribution in [2.24, 2.45) is 0 Å². The maximum Gasteiger partial charge on any atom is 0.0695 e. The fourth-order valence-corrected chi connectivity index (χ4v) is 3.95. The first-order valence-electron chi connectivity index (χ1n) is 8.70. The van der Waals surface area contributed by atoms with Gasteiger partial charge in [-0.1, -0.05) is 12.8 Å². The van der Waals surface area contributed by atoms with E-state index in [0.717, 1.165) is 38.0 Å². The summed E-state index contributed by atoms with van der Waals surface area (Å²) in [4.78, 5) is 9.28. The number of aromatic nitrogens is 1. The number of hydrogen-bond donors (Lipinski definition) is 1. The summed E-state index contributed by atoms with van der Waals surface area (Å²) in [5, 5.41) is 10.2. The number of pyridine rings is 1. The van der Waals surface area contributed by atoms with E-state index in [9.17, 15) is 5.11 Å². The van der Waals surface area contributed by atoms with Crippen LogP contribution in [0, 0.1) is 0 Å². The van der Waals surface area contributed by atoms with Gasteiger partial charge < -0.3 is 10.0 Å². The number of nitrogens with zero attached hydrogens (tertiary/aromatic N) is 3. The molecule has 1 aliphatic carbocycles. The molecule has 22 heavy (non-hydrogen) atoms. The molecule has 1 aromatic rings. The Hall–Kier alpha value is -1.13. The Bertz CT molecular complexity index is 466. The van der Waals surface area contributed by atoms with Crippen molar-refractivity contribution < 1.29 is 5.11 Å². The number of piperidine rings is 1. The molecule has 1 saturated heterocycles. The highest BCUT2D eigenvalue weighted by Crippen LogP contribution is 2.31. The van der Waals surface area contributed by atoms with Crippen LogP contribution in [0.5, 0.6) is 0 Å². The van der Waals surface area contributed by atoms with Crippen LogP contribution in [0.4, 0.5) is 5.69 Å². The predicted molar refractivity (Wildman–Crippen MR) is 90.4 cm³/mol. The van der Waals surface area contributed by atoms with Crippen molar-refractivity contribution in [3.05, 3.63) is 24.0 Å². The lowest BCUT2D eigenvalue weighted by atomic mass is 9.87.